The van der Waals surface area contributed by atoms with Crippen molar-refractivity contribution < 1.29 is 24.2 Å². The molecule has 0 aliphatic rings. The van der Waals surface area contributed by atoms with Crippen molar-refractivity contribution in [1.82, 2.24) is 4.98 Å². The van der Waals surface area contributed by atoms with E-state index in [0.29, 0.717) is 29.7 Å². The van der Waals surface area contributed by atoms with E-state index >= 15 is 0 Å². The number of carbonyl (C=O) groups is 2. The molecule has 0 spiro atoms. The molecule has 6 heteroatoms. The highest BCUT2D eigenvalue weighted by molar-refractivity contribution is 5.99. The zero-order valence-corrected chi connectivity index (χ0v) is 18.1. The fourth-order valence-electron chi connectivity index (χ4n) is 3.27. The van der Waals surface area contributed by atoms with Crippen LogP contribution in [0.3, 0.4) is 0 Å². The summed E-state index contributed by atoms with van der Waals surface area (Å²) in [5.41, 5.74) is 2.81. The Morgan fingerprint density at radius 3 is 2.47 bits per heavy atom. The van der Waals surface area contributed by atoms with Crippen LogP contribution in [0.25, 0.3) is 12.2 Å². The van der Waals surface area contributed by atoms with Gasteiger partial charge in [0.2, 0.25) is 0 Å². The maximum Gasteiger partial charge on any atom is 0.360 e. The minimum absolute atomic E-state index is 0.0228. The molecule has 0 bridgehead atoms. The molecular weight excluding hydrogens is 406 g/mol. The quantitative estimate of drug-likeness (QED) is 0.199. The second-order valence-electron chi connectivity index (χ2n) is 7.33. The van der Waals surface area contributed by atoms with Gasteiger partial charge in [0.1, 0.15) is 17.0 Å². The maximum atomic E-state index is 12.7. The van der Waals surface area contributed by atoms with Gasteiger partial charge in [0.15, 0.2) is 5.75 Å². The first kappa shape index (κ1) is 22.6. The highest BCUT2D eigenvalue weighted by atomic mass is 16.5. The second kappa shape index (κ2) is 10.3. The summed E-state index contributed by atoms with van der Waals surface area (Å²) in [5.74, 6) is -1.46. The lowest BCUT2D eigenvalue weighted by Crippen LogP contribution is -2.15. The number of rotatable bonds is 9. The van der Waals surface area contributed by atoms with Crippen LogP contribution in [-0.4, -0.2) is 29.1 Å². The molecule has 2 N–H and O–H groups in total. The zero-order chi connectivity index (χ0) is 23.1. The predicted octanol–water partition coefficient (Wildman–Crippen LogP) is 5.62. The summed E-state index contributed by atoms with van der Waals surface area (Å²) in [5, 5.41) is 10.1. The first-order chi connectivity index (χ1) is 15.4. The van der Waals surface area contributed by atoms with Crippen LogP contribution in [0.5, 0.6) is 11.5 Å². The maximum absolute atomic E-state index is 12.7. The fraction of sp³-hybridized carbons (Fsp3) is 0.154. The Bertz CT molecular complexity index is 1140. The van der Waals surface area contributed by atoms with Gasteiger partial charge >= 0.3 is 11.9 Å². The zero-order valence-electron chi connectivity index (χ0n) is 18.1. The highest BCUT2D eigenvalue weighted by Gasteiger charge is 2.26. The molecule has 0 aliphatic carbocycles. The Labute approximate surface area is 186 Å². The summed E-state index contributed by atoms with van der Waals surface area (Å²) in [6, 6.07) is 14.4. The van der Waals surface area contributed by atoms with Crippen LogP contribution in [0.2, 0.25) is 0 Å². The Morgan fingerprint density at radius 1 is 1.12 bits per heavy atom. The van der Waals surface area contributed by atoms with Crippen LogP contribution in [0.4, 0.5) is 0 Å². The van der Waals surface area contributed by atoms with E-state index in [-0.39, 0.29) is 17.0 Å². The molecule has 0 saturated heterocycles. The number of allylic oxidation sites excluding steroid dienone is 1. The molecule has 0 radical (unpaired) electrons. The number of carboxylic acid groups (broad SMARTS) is 1. The Hall–Kier alpha value is -4.06. The molecule has 32 heavy (non-hydrogen) atoms. The predicted molar refractivity (Wildman–Crippen MR) is 124 cm³/mol. The van der Waals surface area contributed by atoms with Crippen molar-refractivity contribution in [2.45, 2.75) is 19.8 Å². The van der Waals surface area contributed by atoms with Crippen LogP contribution in [0.15, 0.2) is 66.9 Å². The van der Waals surface area contributed by atoms with Crippen molar-refractivity contribution in [2.24, 2.45) is 0 Å². The van der Waals surface area contributed by atoms with Crippen molar-refractivity contribution in [2.75, 3.05) is 7.11 Å². The van der Waals surface area contributed by atoms with Gasteiger partial charge < -0.3 is 19.6 Å². The molecule has 1 aromatic heterocycles. The van der Waals surface area contributed by atoms with Gasteiger partial charge in [-0.05, 0) is 49.1 Å². The number of hydrogen-bond donors (Lipinski definition) is 2. The third kappa shape index (κ3) is 5.35. The summed E-state index contributed by atoms with van der Waals surface area (Å²) >= 11 is 0. The number of benzene rings is 2. The number of aromatic carboxylic acids is 1. The van der Waals surface area contributed by atoms with Crippen LogP contribution in [0.1, 0.15) is 50.9 Å². The van der Waals surface area contributed by atoms with E-state index in [2.05, 4.69) is 11.6 Å². The summed E-state index contributed by atoms with van der Waals surface area (Å²) in [6.07, 6.45) is 6.06. The van der Waals surface area contributed by atoms with Gasteiger partial charge in [0.05, 0.1) is 7.11 Å². The molecule has 0 saturated carbocycles. The van der Waals surface area contributed by atoms with E-state index in [1.54, 1.807) is 36.5 Å². The molecule has 3 aromatic rings. The third-order valence-electron chi connectivity index (χ3n) is 4.88. The first-order valence-electron chi connectivity index (χ1n) is 10.1. The van der Waals surface area contributed by atoms with Crippen LogP contribution in [-0.2, 0) is 6.42 Å². The molecule has 0 aliphatic heterocycles. The molecule has 6 nitrogen and oxygen atoms in total. The number of hydrogen-bond acceptors (Lipinski definition) is 4. The topological polar surface area (TPSA) is 88.6 Å². The number of H-pyrrole nitrogens is 1. The summed E-state index contributed by atoms with van der Waals surface area (Å²) in [4.78, 5) is 27.8. The van der Waals surface area contributed by atoms with E-state index in [1.807, 2.05) is 37.3 Å². The third-order valence-corrected chi connectivity index (χ3v) is 4.88. The molecular formula is C26H25NO5. The number of esters is 1. The lowest BCUT2D eigenvalue weighted by molar-refractivity contribution is 0.0678. The van der Waals surface area contributed by atoms with Gasteiger partial charge in [-0.15, -0.1) is 6.58 Å². The number of methoxy groups -OCH3 is 1. The fourth-order valence-corrected chi connectivity index (χ4v) is 3.27. The van der Waals surface area contributed by atoms with E-state index in [9.17, 15) is 14.7 Å². The number of carbonyl (C=O) groups excluding carboxylic acids is 1. The highest BCUT2D eigenvalue weighted by Crippen LogP contribution is 2.38. The van der Waals surface area contributed by atoms with Crippen LogP contribution in [0, 0.1) is 0 Å². The Balaban J connectivity index is 2.17. The van der Waals surface area contributed by atoms with Gasteiger partial charge in [-0.25, -0.2) is 9.59 Å². The smallest absolute Gasteiger partial charge is 0.360 e. The number of nitrogens with one attached hydrogen (secondary N) is 1. The lowest BCUT2D eigenvalue weighted by atomic mass is 9.96. The second-order valence-corrected chi connectivity index (χ2v) is 7.33. The normalized spacial score (nSPS) is 10.8. The average molecular weight is 431 g/mol. The molecule has 164 valence electrons. The summed E-state index contributed by atoms with van der Waals surface area (Å²) in [6.45, 7) is 5.80. The number of ether oxygens (including phenoxy) is 2. The molecule has 1 heterocycles. The van der Waals surface area contributed by atoms with Crippen LogP contribution < -0.4 is 9.47 Å². The van der Waals surface area contributed by atoms with Crippen molar-refractivity contribution >= 4 is 24.1 Å². The van der Waals surface area contributed by atoms with Gasteiger partial charge in [-0.2, -0.15) is 0 Å². The number of aromatic nitrogens is 1. The van der Waals surface area contributed by atoms with E-state index in [1.165, 1.54) is 7.11 Å². The standard InChI is InChI=1S/C26H25NO5/c1-17(2)11-14-20-22(31-3)16-19(13-12-18-8-5-4-6-9-18)23(25(28)29)24(20)32-26(30)21-10-7-15-27-21/h4-10,12-13,15-16,27H,1,11,14H2,2-3H3,(H,28,29). The molecule has 0 fully saturated rings. The minimum atomic E-state index is -1.20. The molecule has 0 atom stereocenters. The summed E-state index contributed by atoms with van der Waals surface area (Å²) in [7, 11) is 1.50. The largest absolute Gasteiger partial charge is 0.496 e. The Kier molecular flexibility index (Phi) is 7.29. The molecule has 2 aromatic carbocycles. The number of carboxylic acids is 1. The summed E-state index contributed by atoms with van der Waals surface area (Å²) < 4.78 is 11.2. The van der Waals surface area contributed by atoms with Crippen molar-refractivity contribution in [3.05, 3.63) is 94.8 Å². The van der Waals surface area contributed by atoms with Gasteiger partial charge in [0, 0.05) is 11.8 Å². The molecule has 0 amide bonds. The van der Waals surface area contributed by atoms with E-state index in [0.717, 1.165) is 11.1 Å². The SMILES string of the molecule is C=C(C)CCc1c(OC)cc(C=Cc2ccccc2)c(C(=O)O)c1OC(=O)c1ccc[nH]1. The average Bonchev–Trinajstić information content (AvgIpc) is 3.32. The van der Waals surface area contributed by atoms with E-state index in [4.69, 9.17) is 9.47 Å². The van der Waals surface area contributed by atoms with Crippen molar-refractivity contribution in [1.29, 1.82) is 0 Å². The monoisotopic (exact) mass is 431 g/mol. The lowest BCUT2D eigenvalue weighted by Gasteiger charge is -2.18. The first-order valence-corrected chi connectivity index (χ1v) is 10.1. The molecule has 0 unspecified atom stereocenters. The van der Waals surface area contributed by atoms with Gasteiger partial charge in [0.25, 0.3) is 0 Å². The van der Waals surface area contributed by atoms with Gasteiger partial charge in [-0.1, -0.05) is 48.1 Å². The number of aromatic amines is 1. The van der Waals surface area contributed by atoms with Crippen LogP contribution >= 0.6 is 0 Å². The minimum Gasteiger partial charge on any atom is -0.496 e. The molecule has 3 rings (SSSR count). The van der Waals surface area contributed by atoms with Crippen molar-refractivity contribution in [3.63, 3.8) is 0 Å². The Morgan fingerprint density at radius 2 is 1.88 bits per heavy atom. The van der Waals surface area contributed by atoms with E-state index < -0.39 is 11.9 Å². The van der Waals surface area contributed by atoms with Gasteiger partial charge in [-0.3, -0.25) is 0 Å². The van der Waals surface area contributed by atoms with Crippen molar-refractivity contribution in [3.8, 4) is 11.5 Å².